The lowest BCUT2D eigenvalue weighted by Gasteiger charge is -2.14. The third-order valence-electron chi connectivity index (χ3n) is 3.19. The zero-order valence-electron chi connectivity index (χ0n) is 11.9. The van der Waals surface area contributed by atoms with Crippen LogP contribution in [0, 0.1) is 5.92 Å². The Labute approximate surface area is 119 Å². The van der Waals surface area contributed by atoms with Crippen LogP contribution in [0.15, 0.2) is 30.3 Å². The van der Waals surface area contributed by atoms with E-state index in [-0.39, 0.29) is 18.3 Å². The molecule has 0 aliphatic rings. The standard InChI is InChI=1S/C16H22O4/c1-2-20-16(19)14(11-12-15(17)18)10-6-9-13-7-4-3-5-8-13/h3-5,7-8,14H,2,6,9-12H2,1H3,(H,17,18)/t14-/m1/s1. The Morgan fingerprint density at radius 1 is 1.20 bits per heavy atom. The lowest BCUT2D eigenvalue weighted by atomic mass is 9.95. The van der Waals surface area contributed by atoms with Gasteiger partial charge < -0.3 is 9.84 Å². The van der Waals surface area contributed by atoms with Gasteiger partial charge >= 0.3 is 11.9 Å². The average molecular weight is 278 g/mol. The minimum absolute atomic E-state index is 0.00875. The number of aryl methyl sites for hydroxylation is 1. The number of rotatable bonds is 9. The second-order valence-corrected chi connectivity index (χ2v) is 4.76. The largest absolute Gasteiger partial charge is 0.481 e. The van der Waals surface area contributed by atoms with E-state index in [1.165, 1.54) is 5.56 Å². The van der Waals surface area contributed by atoms with Crippen LogP contribution >= 0.6 is 0 Å². The molecule has 110 valence electrons. The molecule has 0 fully saturated rings. The van der Waals surface area contributed by atoms with Gasteiger partial charge in [-0.05, 0) is 38.2 Å². The Morgan fingerprint density at radius 3 is 2.50 bits per heavy atom. The number of carboxylic acid groups (broad SMARTS) is 1. The summed E-state index contributed by atoms with van der Waals surface area (Å²) < 4.78 is 5.01. The first-order chi connectivity index (χ1) is 9.63. The van der Waals surface area contributed by atoms with Crippen LogP contribution in [-0.2, 0) is 20.7 Å². The first kappa shape index (κ1) is 16.2. The summed E-state index contributed by atoms with van der Waals surface area (Å²) in [6, 6.07) is 10.1. The van der Waals surface area contributed by atoms with E-state index in [0.29, 0.717) is 19.4 Å². The van der Waals surface area contributed by atoms with Crippen LogP contribution in [0.2, 0.25) is 0 Å². The van der Waals surface area contributed by atoms with Crippen molar-refractivity contribution in [2.45, 2.75) is 39.0 Å². The van der Waals surface area contributed by atoms with Crippen molar-refractivity contribution in [1.82, 2.24) is 0 Å². The fourth-order valence-electron chi connectivity index (χ4n) is 2.14. The number of esters is 1. The molecule has 1 aromatic carbocycles. The number of aliphatic carboxylic acids is 1. The predicted molar refractivity (Wildman–Crippen MR) is 76.4 cm³/mol. The predicted octanol–water partition coefficient (Wildman–Crippen LogP) is 3.05. The molecule has 1 atom stereocenters. The Kier molecular flexibility index (Phi) is 7.40. The summed E-state index contributed by atoms with van der Waals surface area (Å²) in [6.45, 7) is 2.09. The van der Waals surface area contributed by atoms with Gasteiger partial charge in [0.1, 0.15) is 0 Å². The maximum atomic E-state index is 11.8. The third kappa shape index (κ3) is 6.36. The molecule has 0 aliphatic heterocycles. The molecule has 0 unspecified atom stereocenters. The zero-order valence-corrected chi connectivity index (χ0v) is 11.9. The molecule has 0 radical (unpaired) electrons. The molecule has 20 heavy (non-hydrogen) atoms. The molecule has 0 bridgehead atoms. The molecular weight excluding hydrogens is 256 g/mol. The van der Waals surface area contributed by atoms with E-state index in [1.54, 1.807) is 6.92 Å². The number of carbonyl (C=O) groups is 2. The maximum Gasteiger partial charge on any atom is 0.308 e. The van der Waals surface area contributed by atoms with Crippen LogP contribution in [0.1, 0.15) is 38.2 Å². The van der Waals surface area contributed by atoms with Gasteiger partial charge in [0.15, 0.2) is 0 Å². The molecule has 0 aliphatic carbocycles. The summed E-state index contributed by atoms with van der Waals surface area (Å²) in [5.41, 5.74) is 1.23. The van der Waals surface area contributed by atoms with Gasteiger partial charge in [0.25, 0.3) is 0 Å². The molecule has 0 aromatic heterocycles. The Morgan fingerprint density at radius 2 is 1.90 bits per heavy atom. The summed E-state index contributed by atoms with van der Waals surface area (Å²) in [7, 11) is 0. The summed E-state index contributed by atoms with van der Waals surface area (Å²) >= 11 is 0. The van der Waals surface area contributed by atoms with Gasteiger partial charge in [-0.1, -0.05) is 30.3 Å². The normalized spacial score (nSPS) is 11.8. The third-order valence-corrected chi connectivity index (χ3v) is 3.19. The van der Waals surface area contributed by atoms with Crippen LogP contribution in [0.5, 0.6) is 0 Å². The first-order valence-corrected chi connectivity index (χ1v) is 7.05. The van der Waals surface area contributed by atoms with E-state index in [0.717, 1.165) is 12.8 Å². The minimum atomic E-state index is -0.873. The molecule has 1 N–H and O–H groups in total. The summed E-state index contributed by atoms with van der Waals surface area (Å²) in [5.74, 6) is -1.46. The van der Waals surface area contributed by atoms with E-state index in [4.69, 9.17) is 9.84 Å². The second-order valence-electron chi connectivity index (χ2n) is 4.76. The van der Waals surface area contributed by atoms with Crippen LogP contribution in [0.3, 0.4) is 0 Å². The van der Waals surface area contributed by atoms with Gasteiger partial charge in [-0.25, -0.2) is 0 Å². The van der Waals surface area contributed by atoms with Crippen molar-refractivity contribution in [3.63, 3.8) is 0 Å². The van der Waals surface area contributed by atoms with Gasteiger partial charge in [0.05, 0.1) is 12.5 Å². The average Bonchev–Trinajstić information content (AvgIpc) is 2.43. The van der Waals surface area contributed by atoms with Gasteiger partial charge in [0, 0.05) is 6.42 Å². The van der Waals surface area contributed by atoms with E-state index in [9.17, 15) is 9.59 Å². The fraction of sp³-hybridized carbons (Fsp3) is 0.500. The van der Waals surface area contributed by atoms with E-state index >= 15 is 0 Å². The SMILES string of the molecule is CCOC(=O)[C@H](CCCc1ccccc1)CCC(=O)O. The number of carboxylic acids is 1. The van der Waals surface area contributed by atoms with Crippen molar-refractivity contribution >= 4 is 11.9 Å². The first-order valence-electron chi connectivity index (χ1n) is 7.05. The van der Waals surface area contributed by atoms with Crippen molar-refractivity contribution in [2.24, 2.45) is 5.92 Å². The van der Waals surface area contributed by atoms with Gasteiger partial charge in [0.2, 0.25) is 0 Å². The zero-order chi connectivity index (χ0) is 14.8. The smallest absolute Gasteiger partial charge is 0.308 e. The molecule has 0 saturated heterocycles. The Balaban J connectivity index is 2.42. The molecule has 0 spiro atoms. The lowest BCUT2D eigenvalue weighted by molar-refractivity contribution is -0.149. The lowest BCUT2D eigenvalue weighted by Crippen LogP contribution is -2.19. The quantitative estimate of drug-likeness (QED) is 0.705. The van der Waals surface area contributed by atoms with Gasteiger partial charge in [-0.3, -0.25) is 9.59 Å². The number of ether oxygens (including phenoxy) is 1. The highest BCUT2D eigenvalue weighted by atomic mass is 16.5. The van der Waals surface area contributed by atoms with Crippen molar-refractivity contribution in [2.75, 3.05) is 6.61 Å². The van der Waals surface area contributed by atoms with Crippen molar-refractivity contribution < 1.29 is 19.4 Å². The number of carbonyl (C=O) groups excluding carboxylic acids is 1. The highest BCUT2D eigenvalue weighted by Gasteiger charge is 2.20. The van der Waals surface area contributed by atoms with Crippen LogP contribution < -0.4 is 0 Å². The molecule has 1 aromatic rings. The number of hydrogen-bond acceptors (Lipinski definition) is 3. The molecule has 0 amide bonds. The molecule has 4 nitrogen and oxygen atoms in total. The molecule has 4 heteroatoms. The minimum Gasteiger partial charge on any atom is -0.481 e. The highest BCUT2D eigenvalue weighted by molar-refractivity contribution is 5.73. The van der Waals surface area contributed by atoms with Crippen molar-refractivity contribution in [3.8, 4) is 0 Å². The number of hydrogen-bond donors (Lipinski definition) is 1. The van der Waals surface area contributed by atoms with Crippen molar-refractivity contribution in [1.29, 1.82) is 0 Å². The van der Waals surface area contributed by atoms with Gasteiger partial charge in [-0.2, -0.15) is 0 Å². The second kappa shape index (κ2) is 9.13. The van der Waals surface area contributed by atoms with Crippen LogP contribution in [0.25, 0.3) is 0 Å². The topological polar surface area (TPSA) is 63.6 Å². The summed E-state index contributed by atoms with van der Waals surface area (Å²) in [6.07, 6.45) is 2.77. The van der Waals surface area contributed by atoms with Crippen LogP contribution in [-0.4, -0.2) is 23.7 Å². The molecular formula is C16H22O4. The summed E-state index contributed by atoms with van der Waals surface area (Å²) in [4.78, 5) is 22.4. The Bertz CT molecular complexity index is 414. The van der Waals surface area contributed by atoms with Crippen LogP contribution in [0.4, 0.5) is 0 Å². The maximum absolute atomic E-state index is 11.8. The Hall–Kier alpha value is -1.84. The molecule has 0 heterocycles. The molecule has 1 rings (SSSR count). The van der Waals surface area contributed by atoms with E-state index < -0.39 is 5.97 Å². The molecule has 0 saturated carbocycles. The van der Waals surface area contributed by atoms with Gasteiger partial charge in [-0.15, -0.1) is 0 Å². The monoisotopic (exact) mass is 278 g/mol. The highest BCUT2D eigenvalue weighted by Crippen LogP contribution is 2.17. The number of benzene rings is 1. The van der Waals surface area contributed by atoms with E-state index in [2.05, 4.69) is 12.1 Å². The summed E-state index contributed by atoms with van der Waals surface area (Å²) in [5, 5.41) is 8.73. The van der Waals surface area contributed by atoms with E-state index in [1.807, 2.05) is 18.2 Å². The van der Waals surface area contributed by atoms with Crippen molar-refractivity contribution in [3.05, 3.63) is 35.9 Å². The fourth-order valence-corrected chi connectivity index (χ4v) is 2.14.